The van der Waals surface area contributed by atoms with E-state index >= 15 is 0 Å². The summed E-state index contributed by atoms with van der Waals surface area (Å²) in [6.07, 6.45) is -5.04. The third kappa shape index (κ3) is 5.33. The number of nitrogen functional groups attached to an aromatic ring is 1. The van der Waals surface area contributed by atoms with Gasteiger partial charge in [-0.1, -0.05) is 0 Å². The van der Waals surface area contributed by atoms with E-state index in [1.54, 1.807) is 18.2 Å². The SMILES string of the molecule is CCOc1cc(N)cc(NCCC(F)(F)F)c1. The third-order valence-electron chi connectivity index (χ3n) is 1.98. The lowest BCUT2D eigenvalue weighted by molar-refractivity contribution is -0.131. The average molecular weight is 248 g/mol. The summed E-state index contributed by atoms with van der Waals surface area (Å²) in [6, 6.07) is 4.81. The molecule has 6 heteroatoms. The van der Waals surface area contributed by atoms with Crippen LogP contribution in [-0.4, -0.2) is 19.3 Å². The van der Waals surface area contributed by atoms with Gasteiger partial charge in [0.2, 0.25) is 0 Å². The van der Waals surface area contributed by atoms with E-state index in [1.165, 1.54) is 0 Å². The standard InChI is InChI=1S/C11H15F3N2O/c1-2-17-10-6-8(15)5-9(7-10)16-4-3-11(12,13)14/h5-7,16H,2-4,15H2,1H3. The molecule has 0 bridgehead atoms. The summed E-state index contributed by atoms with van der Waals surface area (Å²) in [5, 5.41) is 2.66. The minimum atomic E-state index is -4.16. The van der Waals surface area contributed by atoms with Gasteiger partial charge in [-0.2, -0.15) is 13.2 Å². The molecule has 0 aromatic heterocycles. The second-order valence-corrected chi connectivity index (χ2v) is 3.52. The minimum absolute atomic E-state index is 0.182. The van der Waals surface area contributed by atoms with Gasteiger partial charge in [0.05, 0.1) is 13.0 Å². The topological polar surface area (TPSA) is 47.3 Å². The summed E-state index contributed by atoms with van der Waals surface area (Å²) in [5.74, 6) is 0.544. The maximum Gasteiger partial charge on any atom is 0.390 e. The van der Waals surface area contributed by atoms with Crippen molar-refractivity contribution < 1.29 is 17.9 Å². The van der Waals surface area contributed by atoms with Gasteiger partial charge >= 0.3 is 6.18 Å². The molecule has 0 saturated carbocycles. The van der Waals surface area contributed by atoms with Crippen LogP contribution < -0.4 is 15.8 Å². The molecule has 3 nitrogen and oxygen atoms in total. The van der Waals surface area contributed by atoms with E-state index in [0.29, 0.717) is 23.7 Å². The van der Waals surface area contributed by atoms with Crippen molar-refractivity contribution in [3.63, 3.8) is 0 Å². The van der Waals surface area contributed by atoms with Crippen molar-refractivity contribution in [2.24, 2.45) is 0 Å². The number of anilines is 2. The van der Waals surface area contributed by atoms with Crippen LogP contribution >= 0.6 is 0 Å². The molecule has 0 aliphatic rings. The van der Waals surface area contributed by atoms with Crippen LogP contribution in [0.2, 0.25) is 0 Å². The molecule has 96 valence electrons. The van der Waals surface area contributed by atoms with E-state index in [2.05, 4.69) is 5.32 Å². The molecule has 1 aromatic rings. The summed E-state index contributed by atoms with van der Waals surface area (Å²) < 4.78 is 41.1. The van der Waals surface area contributed by atoms with Crippen molar-refractivity contribution in [3.05, 3.63) is 18.2 Å². The van der Waals surface area contributed by atoms with Crippen molar-refractivity contribution in [2.75, 3.05) is 24.2 Å². The molecule has 3 N–H and O–H groups in total. The number of rotatable bonds is 5. The van der Waals surface area contributed by atoms with Gasteiger partial charge < -0.3 is 15.8 Å². The van der Waals surface area contributed by atoms with Crippen LogP contribution in [-0.2, 0) is 0 Å². The Morgan fingerprint density at radius 3 is 2.59 bits per heavy atom. The summed E-state index contributed by atoms with van der Waals surface area (Å²) in [4.78, 5) is 0. The van der Waals surface area contributed by atoms with Crippen molar-refractivity contribution in [2.45, 2.75) is 19.5 Å². The number of halogens is 3. The van der Waals surface area contributed by atoms with E-state index < -0.39 is 12.6 Å². The van der Waals surface area contributed by atoms with Crippen LogP contribution in [0.4, 0.5) is 24.5 Å². The number of nitrogens with two attached hydrogens (primary N) is 1. The molecule has 0 amide bonds. The van der Waals surface area contributed by atoms with Gasteiger partial charge in [0.1, 0.15) is 5.75 Å². The summed E-state index contributed by atoms with van der Waals surface area (Å²) in [6.45, 7) is 2.11. The highest BCUT2D eigenvalue weighted by atomic mass is 19.4. The van der Waals surface area contributed by atoms with Gasteiger partial charge in [0.25, 0.3) is 0 Å². The quantitative estimate of drug-likeness (QED) is 0.787. The highest BCUT2D eigenvalue weighted by Crippen LogP contribution is 2.24. The van der Waals surface area contributed by atoms with E-state index in [-0.39, 0.29) is 6.54 Å². The molecular weight excluding hydrogens is 233 g/mol. The van der Waals surface area contributed by atoms with Crippen LogP contribution in [0.3, 0.4) is 0 Å². The first-order valence-corrected chi connectivity index (χ1v) is 5.24. The molecule has 0 saturated heterocycles. The number of nitrogens with one attached hydrogen (secondary N) is 1. The second kappa shape index (κ2) is 5.65. The Labute approximate surface area is 97.8 Å². The van der Waals surface area contributed by atoms with Crippen molar-refractivity contribution >= 4 is 11.4 Å². The molecule has 0 fully saturated rings. The van der Waals surface area contributed by atoms with Gasteiger partial charge in [-0.3, -0.25) is 0 Å². The number of hydrogen-bond acceptors (Lipinski definition) is 3. The molecular formula is C11H15F3N2O. The highest BCUT2D eigenvalue weighted by Gasteiger charge is 2.26. The molecule has 0 radical (unpaired) electrons. The predicted molar refractivity (Wildman–Crippen MR) is 61.2 cm³/mol. The smallest absolute Gasteiger partial charge is 0.390 e. The van der Waals surface area contributed by atoms with Gasteiger partial charge in [0.15, 0.2) is 0 Å². The summed E-state index contributed by atoms with van der Waals surface area (Å²) >= 11 is 0. The molecule has 17 heavy (non-hydrogen) atoms. The monoisotopic (exact) mass is 248 g/mol. The lowest BCUT2D eigenvalue weighted by atomic mass is 10.2. The van der Waals surface area contributed by atoms with Gasteiger partial charge in [-0.25, -0.2) is 0 Å². The first-order valence-electron chi connectivity index (χ1n) is 5.24. The van der Waals surface area contributed by atoms with Crippen molar-refractivity contribution in [1.82, 2.24) is 0 Å². The average Bonchev–Trinajstić information content (AvgIpc) is 2.15. The van der Waals surface area contributed by atoms with E-state index in [4.69, 9.17) is 10.5 Å². The Bertz CT molecular complexity index is 366. The number of alkyl halides is 3. The molecule has 0 aliphatic carbocycles. The first-order chi connectivity index (χ1) is 7.90. The van der Waals surface area contributed by atoms with Crippen LogP contribution in [0.1, 0.15) is 13.3 Å². The molecule has 0 spiro atoms. The number of ether oxygens (including phenoxy) is 1. The van der Waals surface area contributed by atoms with E-state index in [9.17, 15) is 13.2 Å². The van der Waals surface area contributed by atoms with Crippen molar-refractivity contribution in [3.8, 4) is 5.75 Å². The summed E-state index contributed by atoms with van der Waals surface area (Å²) in [7, 11) is 0. The van der Waals surface area contributed by atoms with Crippen LogP contribution in [0.15, 0.2) is 18.2 Å². The van der Waals surface area contributed by atoms with Crippen LogP contribution in [0.5, 0.6) is 5.75 Å². The summed E-state index contributed by atoms with van der Waals surface area (Å²) in [5.41, 5.74) is 6.58. The largest absolute Gasteiger partial charge is 0.494 e. The van der Waals surface area contributed by atoms with E-state index in [0.717, 1.165) is 0 Å². The fourth-order valence-corrected chi connectivity index (χ4v) is 1.32. The zero-order valence-electron chi connectivity index (χ0n) is 9.47. The third-order valence-corrected chi connectivity index (χ3v) is 1.98. The maximum absolute atomic E-state index is 11.9. The number of benzene rings is 1. The highest BCUT2D eigenvalue weighted by molar-refractivity contribution is 5.59. The molecule has 1 rings (SSSR count). The molecule has 1 aromatic carbocycles. The van der Waals surface area contributed by atoms with Crippen LogP contribution in [0.25, 0.3) is 0 Å². The molecule has 0 unspecified atom stereocenters. The minimum Gasteiger partial charge on any atom is -0.494 e. The van der Waals surface area contributed by atoms with E-state index in [1.807, 2.05) is 6.92 Å². The van der Waals surface area contributed by atoms with Gasteiger partial charge in [0, 0.05) is 30.1 Å². The fraction of sp³-hybridized carbons (Fsp3) is 0.455. The van der Waals surface area contributed by atoms with Gasteiger partial charge in [-0.15, -0.1) is 0 Å². The zero-order chi connectivity index (χ0) is 12.9. The predicted octanol–water partition coefficient (Wildman–Crippen LogP) is 3.03. The Morgan fingerprint density at radius 1 is 1.29 bits per heavy atom. The molecule has 0 aliphatic heterocycles. The molecule has 0 heterocycles. The Kier molecular flexibility index (Phi) is 4.48. The lowest BCUT2D eigenvalue weighted by Gasteiger charge is -2.11. The fourth-order valence-electron chi connectivity index (χ4n) is 1.32. The lowest BCUT2D eigenvalue weighted by Crippen LogP contribution is -2.14. The Hall–Kier alpha value is -1.59. The normalized spacial score (nSPS) is 11.3. The van der Waals surface area contributed by atoms with Gasteiger partial charge in [-0.05, 0) is 13.0 Å². The maximum atomic E-state index is 11.9. The van der Waals surface area contributed by atoms with Crippen molar-refractivity contribution in [1.29, 1.82) is 0 Å². The number of hydrogen-bond donors (Lipinski definition) is 2. The zero-order valence-corrected chi connectivity index (χ0v) is 9.47. The first kappa shape index (κ1) is 13.5. The van der Waals surface area contributed by atoms with Crippen LogP contribution in [0, 0.1) is 0 Å². The Balaban J connectivity index is 2.58. The Morgan fingerprint density at radius 2 is 2.00 bits per heavy atom. The second-order valence-electron chi connectivity index (χ2n) is 3.52. The molecule has 0 atom stereocenters.